The molecule has 1 saturated carbocycles. The molecular formula is C14H19FN2O2S2. The van der Waals surface area contributed by atoms with Gasteiger partial charge >= 0.3 is 0 Å². The number of hydrogen-bond acceptors (Lipinski definition) is 4. The van der Waals surface area contributed by atoms with Crippen LogP contribution in [0.25, 0.3) is 0 Å². The molecule has 3 rings (SSSR count). The third kappa shape index (κ3) is 3.59. The van der Waals surface area contributed by atoms with Gasteiger partial charge in [0.2, 0.25) is 10.0 Å². The molecule has 0 amide bonds. The highest BCUT2D eigenvalue weighted by molar-refractivity contribution is 7.99. The number of sulfonamides is 1. The Bertz CT molecular complexity index is 611. The molecule has 1 heterocycles. The van der Waals surface area contributed by atoms with Gasteiger partial charge in [-0.05, 0) is 31.0 Å². The summed E-state index contributed by atoms with van der Waals surface area (Å²) in [6, 6.07) is 4.56. The minimum absolute atomic E-state index is 0.198. The largest absolute Gasteiger partial charge is 0.310 e. The molecule has 1 aromatic rings. The zero-order chi connectivity index (χ0) is 14.9. The maximum atomic E-state index is 13.8. The summed E-state index contributed by atoms with van der Waals surface area (Å²) in [6.45, 7) is 1.44. The van der Waals surface area contributed by atoms with Crippen LogP contribution in [-0.4, -0.2) is 43.4 Å². The molecule has 0 aromatic heterocycles. The van der Waals surface area contributed by atoms with E-state index in [0.717, 1.165) is 24.3 Å². The van der Waals surface area contributed by atoms with E-state index in [2.05, 4.69) is 5.32 Å². The molecule has 0 unspecified atom stereocenters. The standard InChI is InChI=1S/C14H19FN2O2S2/c15-14-4-3-13(9-11(14)10-16-12-1-2-12)21(18,19)17-5-7-20-8-6-17/h3-4,9,12,16H,1-2,5-8,10H2. The monoisotopic (exact) mass is 330 g/mol. The number of nitrogens with one attached hydrogen (secondary N) is 1. The third-order valence-electron chi connectivity index (χ3n) is 3.78. The number of hydrogen-bond donors (Lipinski definition) is 1. The zero-order valence-corrected chi connectivity index (χ0v) is 13.4. The topological polar surface area (TPSA) is 49.4 Å². The predicted molar refractivity (Wildman–Crippen MR) is 82.3 cm³/mol. The van der Waals surface area contributed by atoms with Gasteiger partial charge in [-0.2, -0.15) is 16.1 Å². The van der Waals surface area contributed by atoms with Gasteiger partial charge in [0.05, 0.1) is 4.90 Å². The fourth-order valence-electron chi connectivity index (χ4n) is 2.32. The van der Waals surface area contributed by atoms with Crippen molar-refractivity contribution in [3.05, 3.63) is 29.6 Å². The highest BCUT2D eigenvalue weighted by atomic mass is 32.2. The Morgan fingerprint density at radius 3 is 2.67 bits per heavy atom. The zero-order valence-electron chi connectivity index (χ0n) is 11.7. The number of benzene rings is 1. The molecule has 116 valence electrons. The van der Waals surface area contributed by atoms with Crippen LogP contribution in [0.4, 0.5) is 4.39 Å². The number of nitrogens with zero attached hydrogens (tertiary/aromatic N) is 1. The van der Waals surface area contributed by atoms with Crippen LogP contribution in [-0.2, 0) is 16.6 Å². The van der Waals surface area contributed by atoms with Crippen molar-refractivity contribution in [2.75, 3.05) is 24.6 Å². The Kier molecular flexibility index (Phi) is 4.54. The van der Waals surface area contributed by atoms with Crippen LogP contribution in [0, 0.1) is 5.82 Å². The maximum absolute atomic E-state index is 13.8. The molecular weight excluding hydrogens is 311 g/mol. The van der Waals surface area contributed by atoms with Crippen molar-refractivity contribution in [2.45, 2.75) is 30.3 Å². The molecule has 1 saturated heterocycles. The Labute approximate surface area is 129 Å². The van der Waals surface area contributed by atoms with Gasteiger partial charge in [0.15, 0.2) is 0 Å². The first-order valence-electron chi connectivity index (χ1n) is 7.17. The number of halogens is 1. The average molecular weight is 330 g/mol. The molecule has 2 aliphatic rings. The smallest absolute Gasteiger partial charge is 0.243 e. The van der Waals surface area contributed by atoms with Crippen molar-refractivity contribution in [3.8, 4) is 0 Å². The van der Waals surface area contributed by atoms with E-state index in [1.54, 1.807) is 11.8 Å². The molecule has 0 bridgehead atoms. The Morgan fingerprint density at radius 1 is 1.29 bits per heavy atom. The quantitative estimate of drug-likeness (QED) is 0.895. The molecule has 0 spiro atoms. The molecule has 1 aliphatic carbocycles. The van der Waals surface area contributed by atoms with Crippen LogP contribution >= 0.6 is 11.8 Å². The lowest BCUT2D eigenvalue weighted by Gasteiger charge is -2.25. The molecule has 0 atom stereocenters. The van der Waals surface area contributed by atoms with E-state index >= 15 is 0 Å². The second-order valence-electron chi connectivity index (χ2n) is 5.42. The summed E-state index contributed by atoms with van der Waals surface area (Å²) in [6.07, 6.45) is 2.23. The van der Waals surface area contributed by atoms with Crippen molar-refractivity contribution in [1.82, 2.24) is 9.62 Å². The van der Waals surface area contributed by atoms with E-state index in [4.69, 9.17) is 0 Å². The minimum atomic E-state index is -3.50. The fraction of sp³-hybridized carbons (Fsp3) is 0.571. The summed E-state index contributed by atoms with van der Waals surface area (Å²) in [5.41, 5.74) is 0.425. The van der Waals surface area contributed by atoms with Crippen LogP contribution in [0.1, 0.15) is 18.4 Å². The highest BCUT2D eigenvalue weighted by Gasteiger charge is 2.27. The molecule has 4 nitrogen and oxygen atoms in total. The minimum Gasteiger partial charge on any atom is -0.310 e. The van der Waals surface area contributed by atoms with Gasteiger partial charge in [0.25, 0.3) is 0 Å². The maximum Gasteiger partial charge on any atom is 0.243 e. The second kappa shape index (κ2) is 6.24. The van der Waals surface area contributed by atoms with Gasteiger partial charge in [-0.1, -0.05) is 0 Å². The second-order valence-corrected chi connectivity index (χ2v) is 8.59. The van der Waals surface area contributed by atoms with Crippen LogP contribution in [0.15, 0.2) is 23.1 Å². The number of thioether (sulfide) groups is 1. The third-order valence-corrected chi connectivity index (χ3v) is 6.62. The fourth-order valence-corrected chi connectivity index (χ4v) is 4.95. The van der Waals surface area contributed by atoms with Gasteiger partial charge in [-0.15, -0.1) is 0 Å². The first-order chi connectivity index (χ1) is 10.1. The summed E-state index contributed by atoms with van der Waals surface area (Å²) in [5.74, 6) is 1.28. The van der Waals surface area contributed by atoms with Gasteiger partial charge in [-0.25, -0.2) is 12.8 Å². The van der Waals surface area contributed by atoms with Crippen LogP contribution in [0.5, 0.6) is 0 Å². The number of rotatable bonds is 5. The summed E-state index contributed by atoms with van der Waals surface area (Å²) >= 11 is 1.76. The van der Waals surface area contributed by atoms with E-state index < -0.39 is 10.0 Å². The average Bonchev–Trinajstić information content (AvgIpc) is 3.31. The van der Waals surface area contributed by atoms with Crippen molar-refractivity contribution in [1.29, 1.82) is 0 Å². The Morgan fingerprint density at radius 2 is 2.00 bits per heavy atom. The molecule has 1 aromatic carbocycles. The van der Waals surface area contributed by atoms with Crippen molar-refractivity contribution in [2.24, 2.45) is 0 Å². The SMILES string of the molecule is O=S(=O)(c1ccc(F)c(CNC2CC2)c1)N1CCSCC1. The first-order valence-corrected chi connectivity index (χ1v) is 9.76. The molecule has 21 heavy (non-hydrogen) atoms. The van der Waals surface area contributed by atoms with E-state index in [1.807, 2.05) is 0 Å². The van der Waals surface area contributed by atoms with E-state index in [0.29, 0.717) is 31.2 Å². The van der Waals surface area contributed by atoms with Gasteiger partial charge < -0.3 is 5.32 Å². The predicted octanol–water partition coefficient (Wildman–Crippen LogP) is 1.82. The Balaban J connectivity index is 1.81. The van der Waals surface area contributed by atoms with Crippen LogP contribution in [0.3, 0.4) is 0 Å². The molecule has 2 fully saturated rings. The van der Waals surface area contributed by atoms with Crippen molar-refractivity contribution in [3.63, 3.8) is 0 Å². The Hall–Kier alpha value is -0.630. The summed E-state index contributed by atoms with van der Waals surface area (Å²) in [5, 5.41) is 3.22. The van der Waals surface area contributed by atoms with E-state index in [-0.39, 0.29) is 10.7 Å². The van der Waals surface area contributed by atoms with Crippen molar-refractivity contribution < 1.29 is 12.8 Å². The van der Waals surface area contributed by atoms with Crippen LogP contribution < -0.4 is 5.32 Å². The van der Waals surface area contributed by atoms with Gasteiger partial charge in [0.1, 0.15) is 5.82 Å². The van der Waals surface area contributed by atoms with Crippen molar-refractivity contribution >= 4 is 21.8 Å². The summed E-state index contributed by atoms with van der Waals surface area (Å²) < 4.78 is 40.5. The lowest BCUT2D eigenvalue weighted by atomic mass is 10.2. The first kappa shape index (κ1) is 15.3. The lowest BCUT2D eigenvalue weighted by molar-refractivity contribution is 0.443. The molecule has 0 radical (unpaired) electrons. The van der Waals surface area contributed by atoms with Gasteiger partial charge in [-0.3, -0.25) is 0 Å². The highest BCUT2D eigenvalue weighted by Crippen LogP contribution is 2.23. The summed E-state index contributed by atoms with van der Waals surface area (Å²) in [4.78, 5) is 0.198. The molecule has 1 aliphatic heterocycles. The normalized spacial score (nSPS) is 20.6. The van der Waals surface area contributed by atoms with Gasteiger partial charge in [0, 0.05) is 42.7 Å². The van der Waals surface area contributed by atoms with E-state index in [9.17, 15) is 12.8 Å². The van der Waals surface area contributed by atoms with E-state index in [1.165, 1.54) is 22.5 Å². The summed E-state index contributed by atoms with van der Waals surface area (Å²) in [7, 11) is -3.50. The lowest BCUT2D eigenvalue weighted by Crippen LogP contribution is -2.37. The van der Waals surface area contributed by atoms with Crippen LogP contribution in [0.2, 0.25) is 0 Å². The molecule has 7 heteroatoms. The molecule has 1 N–H and O–H groups in total.